The summed E-state index contributed by atoms with van der Waals surface area (Å²) >= 11 is 14.6. The Morgan fingerprint density at radius 2 is 1.89 bits per heavy atom. The lowest BCUT2D eigenvalue weighted by Crippen LogP contribution is -2.35. The number of anilines is 1. The quantitative estimate of drug-likeness (QED) is 0.663. The van der Waals surface area contributed by atoms with Crippen LogP contribution < -0.4 is 10.6 Å². The minimum atomic E-state index is -0.359. The van der Waals surface area contributed by atoms with Gasteiger partial charge in [-0.1, -0.05) is 39.7 Å². The minimum Gasteiger partial charge on any atom is -0.379 e. The monoisotopic (exact) mass is 467 g/mol. The second kappa shape index (κ2) is 9.61. The Hall–Kier alpha value is -1.51. The van der Waals surface area contributed by atoms with Crippen molar-refractivity contribution in [3.8, 4) is 0 Å². The minimum absolute atomic E-state index is 0.219. The van der Waals surface area contributed by atoms with Crippen molar-refractivity contribution < 1.29 is 9.53 Å². The Morgan fingerprint density at radius 3 is 2.59 bits per heavy atom. The Balaban J connectivity index is 1.54. The number of nitrogens with one attached hydrogen (secondary N) is 2. The third-order valence-electron chi connectivity index (χ3n) is 4.12. The van der Waals surface area contributed by atoms with Gasteiger partial charge in [-0.15, -0.1) is 0 Å². The average molecular weight is 469 g/mol. The highest BCUT2D eigenvalue weighted by Crippen LogP contribution is 2.21. The topological polar surface area (TPSA) is 53.6 Å². The molecule has 8 heteroatoms. The van der Waals surface area contributed by atoms with Gasteiger partial charge >= 0.3 is 0 Å². The molecule has 1 saturated heterocycles. The number of carbonyl (C=O) groups excluding carboxylic acids is 1. The zero-order valence-electron chi connectivity index (χ0n) is 14.5. The van der Waals surface area contributed by atoms with Crippen molar-refractivity contribution in [3.05, 3.63) is 63.1 Å². The van der Waals surface area contributed by atoms with Crippen molar-refractivity contribution in [2.45, 2.75) is 6.54 Å². The molecule has 1 aliphatic heterocycles. The lowest BCUT2D eigenvalue weighted by molar-refractivity contribution is 0.0342. The molecular formula is C19H19BrClN3O2S. The van der Waals surface area contributed by atoms with E-state index in [0.717, 1.165) is 43.0 Å². The molecule has 0 bridgehead atoms. The first kappa shape index (κ1) is 20.2. The first-order valence-electron chi connectivity index (χ1n) is 8.48. The Morgan fingerprint density at radius 1 is 1.19 bits per heavy atom. The largest absolute Gasteiger partial charge is 0.379 e. The number of thiocarbonyl (C=S) groups is 1. The van der Waals surface area contributed by atoms with Gasteiger partial charge in [-0.05, 0) is 48.1 Å². The molecule has 2 aromatic carbocycles. The molecule has 0 atom stereocenters. The van der Waals surface area contributed by atoms with E-state index in [4.69, 9.17) is 28.6 Å². The SMILES string of the molecule is O=C(NC(=S)Nc1ccc(CN2CCOCC2)cc1)c1cc(Br)ccc1Cl. The van der Waals surface area contributed by atoms with Crippen molar-refractivity contribution in [3.63, 3.8) is 0 Å². The standard InChI is InChI=1S/C19H19BrClN3O2S/c20-14-3-6-17(21)16(11-14)18(25)23-19(27)22-15-4-1-13(2-5-15)12-24-7-9-26-10-8-24/h1-6,11H,7-10,12H2,(H2,22,23,25,27). The normalized spacial score (nSPS) is 14.6. The van der Waals surface area contributed by atoms with Crippen LogP contribution in [0, 0.1) is 0 Å². The van der Waals surface area contributed by atoms with Gasteiger partial charge in [0, 0.05) is 29.8 Å². The van der Waals surface area contributed by atoms with Crippen molar-refractivity contribution in [1.82, 2.24) is 10.2 Å². The Kier molecular flexibility index (Phi) is 7.20. The molecule has 1 amide bonds. The van der Waals surface area contributed by atoms with Gasteiger partial charge in [-0.25, -0.2) is 0 Å². The van der Waals surface area contributed by atoms with E-state index in [1.807, 2.05) is 24.3 Å². The molecular weight excluding hydrogens is 450 g/mol. The number of carbonyl (C=O) groups is 1. The van der Waals surface area contributed by atoms with Gasteiger partial charge < -0.3 is 10.1 Å². The van der Waals surface area contributed by atoms with Crippen LogP contribution in [0.2, 0.25) is 5.02 Å². The van der Waals surface area contributed by atoms with Crippen LogP contribution >= 0.6 is 39.7 Å². The number of morpholine rings is 1. The fraction of sp³-hybridized carbons (Fsp3) is 0.263. The second-order valence-electron chi connectivity index (χ2n) is 6.12. The zero-order valence-corrected chi connectivity index (χ0v) is 17.7. The van der Waals surface area contributed by atoms with Crippen LogP contribution in [-0.4, -0.2) is 42.2 Å². The average Bonchev–Trinajstić information content (AvgIpc) is 2.66. The van der Waals surface area contributed by atoms with E-state index in [-0.39, 0.29) is 11.0 Å². The third-order valence-corrected chi connectivity index (χ3v) is 5.15. The summed E-state index contributed by atoms with van der Waals surface area (Å²) in [6, 6.07) is 13.1. The number of halogens is 2. The van der Waals surface area contributed by atoms with Gasteiger partial charge in [0.05, 0.1) is 23.8 Å². The van der Waals surface area contributed by atoms with E-state index in [1.54, 1.807) is 18.2 Å². The summed E-state index contributed by atoms with van der Waals surface area (Å²) in [7, 11) is 0. The molecule has 0 saturated carbocycles. The Bertz CT molecular complexity index is 826. The fourth-order valence-electron chi connectivity index (χ4n) is 2.72. The number of benzene rings is 2. The first-order valence-corrected chi connectivity index (χ1v) is 10.1. The van der Waals surface area contributed by atoms with E-state index in [1.165, 1.54) is 5.56 Å². The molecule has 0 radical (unpaired) electrons. The van der Waals surface area contributed by atoms with Gasteiger partial charge in [0.2, 0.25) is 0 Å². The van der Waals surface area contributed by atoms with E-state index in [9.17, 15) is 4.79 Å². The second-order valence-corrected chi connectivity index (χ2v) is 7.85. The number of amides is 1. The third kappa shape index (κ3) is 5.99. The van der Waals surface area contributed by atoms with Crippen molar-refractivity contribution >= 4 is 56.5 Å². The summed E-state index contributed by atoms with van der Waals surface area (Å²) in [5.74, 6) is -0.359. The van der Waals surface area contributed by atoms with E-state index < -0.39 is 0 Å². The number of rotatable bonds is 4. The molecule has 1 fully saturated rings. The molecule has 27 heavy (non-hydrogen) atoms. The molecule has 0 unspecified atom stereocenters. The Labute approximate surface area is 177 Å². The molecule has 1 heterocycles. The van der Waals surface area contributed by atoms with Crippen LogP contribution in [0.3, 0.4) is 0 Å². The summed E-state index contributed by atoms with van der Waals surface area (Å²) < 4.78 is 6.14. The zero-order chi connectivity index (χ0) is 19.2. The van der Waals surface area contributed by atoms with Crippen molar-refractivity contribution in [1.29, 1.82) is 0 Å². The smallest absolute Gasteiger partial charge is 0.258 e. The highest BCUT2D eigenvalue weighted by atomic mass is 79.9. The predicted molar refractivity (Wildman–Crippen MR) is 115 cm³/mol. The number of hydrogen-bond donors (Lipinski definition) is 2. The van der Waals surface area contributed by atoms with E-state index in [0.29, 0.717) is 10.6 Å². The molecule has 2 N–H and O–H groups in total. The maximum atomic E-state index is 12.3. The maximum Gasteiger partial charge on any atom is 0.258 e. The van der Waals surface area contributed by atoms with Crippen molar-refractivity contribution in [2.75, 3.05) is 31.6 Å². The molecule has 3 rings (SSSR count). The molecule has 5 nitrogen and oxygen atoms in total. The van der Waals surface area contributed by atoms with Crippen LogP contribution in [0.25, 0.3) is 0 Å². The lowest BCUT2D eigenvalue weighted by Gasteiger charge is -2.26. The van der Waals surface area contributed by atoms with Gasteiger partial charge in [-0.2, -0.15) is 0 Å². The van der Waals surface area contributed by atoms with Crippen LogP contribution in [0.4, 0.5) is 5.69 Å². The predicted octanol–water partition coefficient (Wildman–Crippen LogP) is 4.06. The molecule has 0 spiro atoms. The number of ether oxygens (including phenoxy) is 1. The fourth-order valence-corrected chi connectivity index (χ4v) is 3.49. The van der Waals surface area contributed by atoms with Gasteiger partial charge in [-0.3, -0.25) is 15.0 Å². The molecule has 0 aromatic heterocycles. The molecule has 142 valence electrons. The number of hydrogen-bond acceptors (Lipinski definition) is 4. The van der Waals surface area contributed by atoms with Gasteiger partial charge in [0.15, 0.2) is 5.11 Å². The number of nitrogens with zero attached hydrogens (tertiary/aromatic N) is 1. The first-order chi connectivity index (χ1) is 13.0. The highest BCUT2D eigenvalue weighted by molar-refractivity contribution is 9.10. The molecule has 0 aliphatic carbocycles. The summed E-state index contributed by atoms with van der Waals surface area (Å²) in [5.41, 5.74) is 2.39. The van der Waals surface area contributed by atoms with Gasteiger partial charge in [0.25, 0.3) is 5.91 Å². The van der Waals surface area contributed by atoms with E-state index in [2.05, 4.69) is 31.5 Å². The van der Waals surface area contributed by atoms with Crippen LogP contribution in [0.5, 0.6) is 0 Å². The van der Waals surface area contributed by atoms with Crippen molar-refractivity contribution in [2.24, 2.45) is 0 Å². The summed E-state index contributed by atoms with van der Waals surface area (Å²) in [6.45, 7) is 4.37. The van der Waals surface area contributed by atoms with Crippen LogP contribution in [0.1, 0.15) is 15.9 Å². The van der Waals surface area contributed by atoms with E-state index >= 15 is 0 Å². The van der Waals surface area contributed by atoms with Gasteiger partial charge in [0.1, 0.15) is 0 Å². The lowest BCUT2D eigenvalue weighted by atomic mass is 10.2. The molecule has 2 aromatic rings. The maximum absolute atomic E-state index is 12.3. The van der Waals surface area contributed by atoms with Crippen LogP contribution in [-0.2, 0) is 11.3 Å². The summed E-state index contributed by atoms with van der Waals surface area (Å²) in [6.07, 6.45) is 0. The summed E-state index contributed by atoms with van der Waals surface area (Å²) in [4.78, 5) is 14.7. The van der Waals surface area contributed by atoms with Crippen LogP contribution in [0.15, 0.2) is 46.9 Å². The highest BCUT2D eigenvalue weighted by Gasteiger charge is 2.13. The molecule has 1 aliphatic rings. The summed E-state index contributed by atoms with van der Waals surface area (Å²) in [5, 5.41) is 6.25.